The lowest BCUT2D eigenvalue weighted by atomic mass is 9.70. The molecule has 1 aromatic heterocycles. The van der Waals surface area contributed by atoms with E-state index in [1.165, 1.54) is 25.6 Å². The maximum absolute atomic E-state index is 12.8. The molecule has 0 saturated heterocycles. The lowest BCUT2D eigenvalue weighted by Gasteiger charge is -2.46. The van der Waals surface area contributed by atoms with Crippen molar-refractivity contribution in [2.75, 3.05) is 26.2 Å². The lowest BCUT2D eigenvalue weighted by molar-refractivity contribution is -0.171. The number of esters is 2. The third-order valence-corrected chi connectivity index (χ3v) is 5.53. The largest absolute Gasteiger partial charge is 0.468 e. The van der Waals surface area contributed by atoms with E-state index in [2.05, 4.69) is 0 Å². The summed E-state index contributed by atoms with van der Waals surface area (Å²) in [4.78, 5) is 28.5. The standard InChI is InChI=1S/C18H19NO4S/c1-19-13-8-5-4-7-12(13)11-18(16(20)22-2,17(21)23-3)15(19)14-9-6-10-24-14/h4-10,15H,11H2,1-3H3. The van der Waals surface area contributed by atoms with Crippen molar-refractivity contribution in [2.45, 2.75) is 12.5 Å². The molecule has 126 valence electrons. The van der Waals surface area contributed by atoms with Gasteiger partial charge in [0.2, 0.25) is 0 Å². The smallest absolute Gasteiger partial charge is 0.326 e. The monoisotopic (exact) mass is 345 g/mol. The number of hydrogen-bond acceptors (Lipinski definition) is 6. The zero-order valence-electron chi connectivity index (χ0n) is 13.8. The molecule has 0 amide bonds. The molecule has 0 saturated carbocycles. The van der Waals surface area contributed by atoms with Crippen LogP contribution in [0.3, 0.4) is 0 Å². The van der Waals surface area contributed by atoms with Gasteiger partial charge in [0.15, 0.2) is 5.41 Å². The number of para-hydroxylation sites is 1. The fourth-order valence-electron chi connectivity index (χ4n) is 3.57. The number of carbonyl (C=O) groups excluding carboxylic acids is 2. The number of methoxy groups -OCH3 is 2. The minimum atomic E-state index is -1.43. The van der Waals surface area contributed by atoms with Crippen molar-refractivity contribution in [3.8, 4) is 0 Å². The van der Waals surface area contributed by atoms with E-state index >= 15 is 0 Å². The number of carbonyl (C=O) groups is 2. The van der Waals surface area contributed by atoms with Crippen molar-refractivity contribution in [1.82, 2.24) is 0 Å². The van der Waals surface area contributed by atoms with Crippen LogP contribution >= 0.6 is 11.3 Å². The van der Waals surface area contributed by atoms with Crippen LogP contribution in [0, 0.1) is 5.41 Å². The van der Waals surface area contributed by atoms with E-state index in [1.807, 2.05) is 53.7 Å². The Labute approximate surface area is 144 Å². The molecular weight excluding hydrogens is 326 g/mol. The zero-order chi connectivity index (χ0) is 17.3. The zero-order valence-corrected chi connectivity index (χ0v) is 14.6. The summed E-state index contributed by atoms with van der Waals surface area (Å²) in [6.45, 7) is 0. The van der Waals surface area contributed by atoms with Crippen LogP contribution in [0.2, 0.25) is 0 Å². The molecule has 0 N–H and O–H groups in total. The summed E-state index contributed by atoms with van der Waals surface area (Å²) >= 11 is 1.51. The minimum absolute atomic E-state index is 0.245. The summed E-state index contributed by atoms with van der Waals surface area (Å²) in [5, 5.41) is 1.93. The normalized spacial score (nSPS) is 18.6. The minimum Gasteiger partial charge on any atom is -0.468 e. The number of ether oxygens (including phenoxy) is 2. The second-order valence-electron chi connectivity index (χ2n) is 5.79. The molecule has 2 heterocycles. The van der Waals surface area contributed by atoms with E-state index in [1.54, 1.807) is 0 Å². The van der Waals surface area contributed by atoms with E-state index in [4.69, 9.17) is 9.47 Å². The van der Waals surface area contributed by atoms with E-state index < -0.39 is 23.4 Å². The van der Waals surface area contributed by atoms with Crippen LogP contribution < -0.4 is 4.90 Å². The molecule has 1 aromatic carbocycles. The van der Waals surface area contributed by atoms with Gasteiger partial charge in [-0.2, -0.15) is 0 Å². The van der Waals surface area contributed by atoms with Gasteiger partial charge in [-0.1, -0.05) is 24.3 Å². The number of benzene rings is 1. The molecule has 1 aliphatic heterocycles. The number of hydrogen-bond donors (Lipinski definition) is 0. The number of nitrogens with zero attached hydrogens (tertiary/aromatic N) is 1. The topological polar surface area (TPSA) is 55.8 Å². The first-order chi connectivity index (χ1) is 11.6. The molecule has 1 atom stereocenters. The SMILES string of the molecule is COC(=O)C1(C(=O)OC)Cc2ccccc2N(C)C1c1cccs1. The van der Waals surface area contributed by atoms with Crippen LogP contribution in [-0.4, -0.2) is 33.2 Å². The van der Waals surface area contributed by atoms with Crippen molar-refractivity contribution in [1.29, 1.82) is 0 Å². The van der Waals surface area contributed by atoms with Gasteiger partial charge in [0.1, 0.15) is 0 Å². The summed E-state index contributed by atoms with van der Waals surface area (Å²) in [7, 11) is 4.50. The highest BCUT2D eigenvalue weighted by Crippen LogP contribution is 2.51. The third kappa shape index (κ3) is 2.29. The van der Waals surface area contributed by atoms with E-state index in [0.717, 1.165) is 16.1 Å². The average molecular weight is 345 g/mol. The summed E-state index contributed by atoms with van der Waals surface area (Å²) < 4.78 is 10.1. The van der Waals surface area contributed by atoms with E-state index in [9.17, 15) is 9.59 Å². The Hall–Kier alpha value is -2.34. The molecule has 0 fully saturated rings. The summed E-state index contributed by atoms with van der Waals surface area (Å²) in [6.07, 6.45) is 0.245. The van der Waals surface area contributed by atoms with Crippen LogP contribution in [0.25, 0.3) is 0 Å². The van der Waals surface area contributed by atoms with Crippen LogP contribution in [0.5, 0.6) is 0 Å². The van der Waals surface area contributed by atoms with Crippen molar-refractivity contribution in [3.63, 3.8) is 0 Å². The number of thiophene rings is 1. The van der Waals surface area contributed by atoms with Crippen LogP contribution in [0.4, 0.5) is 5.69 Å². The third-order valence-electron chi connectivity index (χ3n) is 4.61. The van der Waals surface area contributed by atoms with Gasteiger partial charge >= 0.3 is 11.9 Å². The molecule has 0 aliphatic carbocycles. The van der Waals surface area contributed by atoms with Gasteiger partial charge in [0, 0.05) is 24.0 Å². The van der Waals surface area contributed by atoms with E-state index in [-0.39, 0.29) is 6.42 Å². The van der Waals surface area contributed by atoms with Crippen molar-refractivity contribution < 1.29 is 19.1 Å². The number of anilines is 1. The Morgan fingerprint density at radius 1 is 1.12 bits per heavy atom. The molecule has 0 spiro atoms. The highest BCUT2D eigenvalue weighted by molar-refractivity contribution is 7.10. The highest BCUT2D eigenvalue weighted by Gasteiger charge is 2.59. The van der Waals surface area contributed by atoms with Crippen molar-refractivity contribution >= 4 is 29.0 Å². The van der Waals surface area contributed by atoms with Gasteiger partial charge in [-0.15, -0.1) is 11.3 Å². The Kier molecular flexibility index (Phi) is 4.32. The molecular formula is C18H19NO4S. The number of fused-ring (bicyclic) bond motifs is 1. The molecule has 3 rings (SSSR count). The molecule has 24 heavy (non-hydrogen) atoms. The van der Waals surface area contributed by atoms with Gasteiger partial charge in [0.25, 0.3) is 0 Å². The molecule has 0 bridgehead atoms. The predicted molar refractivity (Wildman–Crippen MR) is 92.1 cm³/mol. The maximum Gasteiger partial charge on any atom is 0.326 e. The Bertz CT molecular complexity index is 740. The van der Waals surface area contributed by atoms with Crippen LogP contribution in [-0.2, 0) is 25.5 Å². The van der Waals surface area contributed by atoms with Gasteiger partial charge < -0.3 is 14.4 Å². The molecule has 0 radical (unpaired) electrons. The van der Waals surface area contributed by atoms with E-state index in [0.29, 0.717) is 0 Å². The van der Waals surface area contributed by atoms with Gasteiger partial charge in [-0.05, 0) is 23.1 Å². The van der Waals surface area contributed by atoms with Crippen LogP contribution in [0.15, 0.2) is 41.8 Å². The first kappa shape index (κ1) is 16.5. The van der Waals surface area contributed by atoms with Crippen molar-refractivity contribution in [2.24, 2.45) is 5.41 Å². The second-order valence-corrected chi connectivity index (χ2v) is 6.77. The maximum atomic E-state index is 12.8. The molecule has 2 aromatic rings. The van der Waals surface area contributed by atoms with Gasteiger partial charge in [-0.25, -0.2) is 0 Å². The summed E-state index contributed by atoms with van der Waals surface area (Å²) in [5.74, 6) is -1.15. The first-order valence-corrected chi connectivity index (χ1v) is 8.45. The molecule has 6 heteroatoms. The van der Waals surface area contributed by atoms with Crippen LogP contribution in [0.1, 0.15) is 16.5 Å². The second kappa shape index (κ2) is 6.28. The summed E-state index contributed by atoms with van der Waals surface area (Å²) in [6, 6.07) is 11.1. The summed E-state index contributed by atoms with van der Waals surface area (Å²) in [5.41, 5.74) is 0.486. The van der Waals surface area contributed by atoms with Gasteiger partial charge in [0.05, 0.1) is 20.3 Å². The molecule has 5 nitrogen and oxygen atoms in total. The Balaban J connectivity index is 2.27. The fourth-order valence-corrected chi connectivity index (χ4v) is 4.53. The predicted octanol–water partition coefficient (Wildman–Crippen LogP) is 2.81. The molecule has 1 aliphatic rings. The fraction of sp³-hybridized carbons (Fsp3) is 0.333. The van der Waals surface area contributed by atoms with Gasteiger partial charge in [-0.3, -0.25) is 9.59 Å². The Morgan fingerprint density at radius 3 is 2.38 bits per heavy atom. The number of rotatable bonds is 3. The molecule has 1 unspecified atom stereocenters. The average Bonchev–Trinajstić information content (AvgIpc) is 3.13. The lowest BCUT2D eigenvalue weighted by Crippen LogP contribution is -2.55. The van der Waals surface area contributed by atoms with Crippen molar-refractivity contribution in [3.05, 3.63) is 52.2 Å². The quantitative estimate of drug-likeness (QED) is 0.632. The first-order valence-electron chi connectivity index (χ1n) is 7.57. The highest BCUT2D eigenvalue weighted by atomic mass is 32.1. The Morgan fingerprint density at radius 2 is 1.79 bits per heavy atom.